The Morgan fingerprint density at radius 1 is 1.35 bits per heavy atom. The molecule has 0 fully saturated rings. The monoisotopic (exact) mass is 231 g/mol. The molecule has 0 aliphatic rings. The van der Waals surface area contributed by atoms with Gasteiger partial charge in [0, 0.05) is 24.2 Å². The summed E-state index contributed by atoms with van der Waals surface area (Å²) in [6.07, 6.45) is 1.76. The maximum absolute atomic E-state index is 5.47. The second kappa shape index (κ2) is 5.06. The lowest BCUT2D eigenvalue weighted by atomic mass is 10.2. The zero-order chi connectivity index (χ0) is 12.3. The molecule has 0 N–H and O–H groups in total. The fourth-order valence-corrected chi connectivity index (χ4v) is 1.88. The third kappa shape index (κ3) is 2.34. The first kappa shape index (κ1) is 11.7. The standard InChI is InChI=1S/C14H17NO2/c1-4-7-17-10-12-8-11-5-6-13(16-3)9-14(11)15(12)2/h4-6,8-9H,1,7,10H2,2-3H3. The fraction of sp³-hybridized carbons (Fsp3) is 0.286. The summed E-state index contributed by atoms with van der Waals surface area (Å²) in [5.41, 5.74) is 2.30. The van der Waals surface area contributed by atoms with Gasteiger partial charge in [0.2, 0.25) is 0 Å². The second-order valence-electron chi connectivity index (χ2n) is 3.92. The van der Waals surface area contributed by atoms with Gasteiger partial charge in [0.15, 0.2) is 0 Å². The van der Waals surface area contributed by atoms with E-state index in [1.54, 1.807) is 13.2 Å². The van der Waals surface area contributed by atoms with E-state index in [4.69, 9.17) is 9.47 Å². The van der Waals surface area contributed by atoms with Gasteiger partial charge in [-0.1, -0.05) is 6.08 Å². The van der Waals surface area contributed by atoms with Gasteiger partial charge in [-0.05, 0) is 18.2 Å². The van der Waals surface area contributed by atoms with Crippen LogP contribution in [0, 0.1) is 0 Å². The number of aryl methyl sites for hydroxylation is 1. The number of ether oxygens (including phenoxy) is 2. The lowest BCUT2D eigenvalue weighted by Crippen LogP contribution is -1.99. The van der Waals surface area contributed by atoms with Crippen molar-refractivity contribution in [3.8, 4) is 5.75 Å². The first-order chi connectivity index (χ1) is 8.26. The molecule has 3 heteroatoms. The van der Waals surface area contributed by atoms with Crippen molar-refractivity contribution in [1.29, 1.82) is 0 Å². The van der Waals surface area contributed by atoms with Crippen LogP contribution in [-0.4, -0.2) is 18.3 Å². The quantitative estimate of drug-likeness (QED) is 0.583. The van der Waals surface area contributed by atoms with Crippen LogP contribution in [0.1, 0.15) is 5.69 Å². The number of nitrogens with zero attached hydrogens (tertiary/aromatic N) is 1. The Balaban J connectivity index is 2.32. The van der Waals surface area contributed by atoms with Gasteiger partial charge in [-0.2, -0.15) is 0 Å². The van der Waals surface area contributed by atoms with Gasteiger partial charge < -0.3 is 14.0 Å². The van der Waals surface area contributed by atoms with Crippen molar-refractivity contribution in [3.05, 3.63) is 42.6 Å². The minimum absolute atomic E-state index is 0.574. The predicted molar refractivity (Wildman–Crippen MR) is 69.3 cm³/mol. The van der Waals surface area contributed by atoms with E-state index in [-0.39, 0.29) is 0 Å². The molecule has 0 bridgehead atoms. The molecular weight excluding hydrogens is 214 g/mol. The second-order valence-corrected chi connectivity index (χ2v) is 3.92. The summed E-state index contributed by atoms with van der Waals surface area (Å²) in [5.74, 6) is 0.872. The smallest absolute Gasteiger partial charge is 0.120 e. The number of benzene rings is 1. The van der Waals surface area contributed by atoms with Crippen molar-refractivity contribution in [1.82, 2.24) is 4.57 Å². The molecule has 1 aromatic heterocycles. The molecule has 0 aliphatic heterocycles. The van der Waals surface area contributed by atoms with Crippen molar-refractivity contribution >= 4 is 10.9 Å². The van der Waals surface area contributed by atoms with Crippen LogP contribution in [0.4, 0.5) is 0 Å². The number of fused-ring (bicyclic) bond motifs is 1. The Morgan fingerprint density at radius 2 is 2.18 bits per heavy atom. The summed E-state index contributed by atoms with van der Waals surface area (Å²) in [6.45, 7) is 4.80. The molecule has 0 amide bonds. The minimum atomic E-state index is 0.574. The van der Waals surface area contributed by atoms with Gasteiger partial charge in [-0.25, -0.2) is 0 Å². The Hall–Kier alpha value is -1.74. The molecule has 17 heavy (non-hydrogen) atoms. The molecule has 2 rings (SSSR count). The number of aromatic nitrogens is 1. The Kier molecular flexibility index (Phi) is 3.49. The highest BCUT2D eigenvalue weighted by Gasteiger charge is 2.06. The van der Waals surface area contributed by atoms with Crippen LogP contribution in [0.25, 0.3) is 10.9 Å². The van der Waals surface area contributed by atoms with Crippen LogP contribution in [0.3, 0.4) is 0 Å². The van der Waals surface area contributed by atoms with Crippen LogP contribution in [0.5, 0.6) is 5.75 Å². The van der Waals surface area contributed by atoms with Gasteiger partial charge in [0.05, 0.1) is 25.8 Å². The number of methoxy groups -OCH3 is 1. The summed E-state index contributed by atoms with van der Waals surface area (Å²) in [4.78, 5) is 0. The molecule has 2 aromatic rings. The van der Waals surface area contributed by atoms with Crippen molar-refractivity contribution in [2.24, 2.45) is 7.05 Å². The SMILES string of the molecule is C=CCOCc1cc2ccc(OC)cc2n1C. The normalized spacial score (nSPS) is 10.7. The topological polar surface area (TPSA) is 23.4 Å². The maximum Gasteiger partial charge on any atom is 0.120 e. The lowest BCUT2D eigenvalue weighted by molar-refractivity contribution is 0.144. The largest absolute Gasteiger partial charge is 0.497 e. The third-order valence-electron chi connectivity index (χ3n) is 2.84. The van der Waals surface area contributed by atoms with Gasteiger partial charge in [-0.3, -0.25) is 0 Å². The number of hydrogen-bond acceptors (Lipinski definition) is 2. The molecule has 1 aromatic carbocycles. The average Bonchev–Trinajstić information content (AvgIpc) is 2.66. The van der Waals surface area contributed by atoms with Gasteiger partial charge >= 0.3 is 0 Å². The lowest BCUT2D eigenvalue weighted by Gasteiger charge is -2.05. The van der Waals surface area contributed by atoms with E-state index >= 15 is 0 Å². The average molecular weight is 231 g/mol. The van der Waals surface area contributed by atoms with E-state index in [1.165, 1.54) is 5.39 Å². The summed E-state index contributed by atoms with van der Waals surface area (Å²) in [7, 11) is 3.71. The van der Waals surface area contributed by atoms with Gasteiger partial charge in [0.1, 0.15) is 5.75 Å². The van der Waals surface area contributed by atoms with Crippen LogP contribution in [0.15, 0.2) is 36.9 Å². The number of hydrogen-bond donors (Lipinski definition) is 0. The summed E-state index contributed by atoms with van der Waals surface area (Å²) >= 11 is 0. The molecule has 90 valence electrons. The van der Waals surface area contributed by atoms with Crippen molar-refractivity contribution < 1.29 is 9.47 Å². The molecule has 0 aliphatic carbocycles. The number of rotatable bonds is 5. The van der Waals surface area contributed by atoms with Crippen LogP contribution in [0.2, 0.25) is 0 Å². The van der Waals surface area contributed by atoms with Crippen LogP contribution >= 0.6 is 0 Å². The summed E-state index contributed by atoms with van der Waals surface area (Å²) < 4.78 is 12.8. The van der Waals surface area contributed by atoms with Gasteiger partial charge in [0.25, 0.3) is 0 Å². The minimum Gasteiger partial charge on any atom is -0.497 e. The molecular formula is C14H17NO2. The Bertz CT molecular complexity index is 528. The van der Waals surface area contributed by atoms with Crippen molar-refractivity contribution in [2.45, 2.75) is 6.61 Å². The molecule has 0 unspecified atom stereocenters. The van der Waals surface area contributed by atoms with Crippen LogP contribution in [-0.2, 0) is 18.4 Å². The zero-order valence-electron chi connectivity index (χ0n) is 10.3. The highest BCUT2D eigenvalue weighted by molar-refractivity contribution is 5.82. The predicted octanol–water partition coefficient (Wildman–Crippen LogP) is 2.89. The van der Waals surface area contributed by atoms with E-state index in [9.17, 15) is 0 Å². The molecule has 0 spiro atoms. The molecule has 0 saturated carbocycles. The van der Waals surface area contributed by atoms with Crippen LogP contribution < -0.4 is 4.74 Å². The van der Waals surface area contributed by atoms with Crippen molar-refractivity contribution in [2.75, 3.05) is 13.7 Å². The van der Waals surface area contributed by atoms with E-state index in [2.05, 4.69) is 23.3 Å². The van der Waals surface area contributed by atoms with E-state index < -0.39 is 0 Å². The highest BCUT2D eigenvalue weighted by atomic mass is 16.5. The Labute approximate surface area is 101 Å². The van der Waals surface area contributed by atoms with E-state index in [0.717, 1.165) is 17.0 Å². The fourth-order valence-electron chi connectivity index (χ4n) is 1.88. The molecule has 0 saturated heterocycles. The van der Waals surface area contributed by atoms with Crippen molar-refractivity contribution in [3.63, 3.8) is 0 Å². The Morgan fingerprint density at radius 3 is 2.88 bits per heavy atom. The van der Waals surface area contributed by atoms with Gasteiger partial charge in [-0.15, -0.1) is 6.58 Å². The maximum atomic E-state index is 5.47. The molecule has 1 heterocycles. The highest BCUT2D eigenvalue weighted by Crippen LogP contribution is 2.24. The third-order valence-corrected chi connectivity index (χ3v) is 2.84. The van der Waals surface area contributed by atoms with E-state index in [0.29, 0.717) is 13.2 Å². The molecule has 0 atom stereocenters. The zero-order valence-corrected chi connectivity index (χ0v) is 10.3. The first-order valence-corrected chi connectivity index (χ1v) is 5.57. The first-order valence-electron chi connectivity index (χ1n) is 5.57. The summed E-state index contributed by atoms with van der Waals surface area (Å²) in [5, 5.41) is 1.20. The molecule has 3 nitrogen and oxygen atoms in total. The van der Waals surface area contributed by atoms with E-state index in [1.807, 2.05) is 19.2 Å². The summed E-state index contributed by atoms with van der Waals surface area (Å²) in [6, 6.07) is 8.20. The molecule has 0 radical (unpaired) electrons.